The zero-order valence-corrected chi connectivity index (χ0v) is 22.4. The molecule has 2 N–H and O–H groups in total. The fourth-order valence-electron chi connectivity index (χ4n) is 10.1. The number of aromatic nitrogens is 4. The average Bonchev–Trinajstić information content (AvgIpc) is 3.46. The summed E-state index contributed by atoms with van der Waals surface area (Å²) in [5.74, 6) is 3.35. The first-order valence-corrected chi connectivity index (χ1v) is 14.4. The molecule has 0 saturated heterocycles. The summed E-state index contributed by atoms with van der Waals surface area (Å²) in [6.45, 7) is 8.81. The van der Waals surface area contributed by atoms with Gasteiger partial charge in [-0.1, -0.05) is 27.7 Å². The van der Waals surface area contributed by atoms with Crippen LogP contribution in [0.2, 0.25) is 0 Å². The lowest BCUT2D eigenvalue weighted by atomic mass is 9.44. The molecule has 37 heavy (non-hydrogen) atoms. The van der Waals surface area contributed by atoms with Gasteiger partial charge in [-0.15, -0.1) is 0 Å². The summed E-state index contributed by atoms with van der Waals surface area (Å²) < 4.78 is 8.55. The number of fused-ring (bicyclic) bond motifs is 9. The Hall–Kier alpha value is -2.06. The summed E-state index contributed by atoms with van der Waals surface area (Å²) in [5.41, 5.74) is 1.39. The molecule has 0 radical (unpaired) electrons. The number of ketones is 1. The van der Waals surface area contributed by atoms with E-state index in [1.807, 2.05) is 6.92 Å². The maximum absolute atomic E-state index is 14.3. The zero-order valence-electron chi connectivity index (χ0n) is 22.4. The highest BCUT2D eigenvalue weighted by Crippen LogP contribution is 2.69. The van der Waals surface area contributed by atoms with Crippen molar-refractivity contribution in [1.29, 1.82) is 0 Å². The van der Waals surface area contributed by atoms with Crippen molar-refractivity contribution >= 4 is 11.6 Å². The monoisotopic (exact) mass is 508 g/mol. The van der Waals surface area contributed by atoms with Crippen LogP contribution in [0.4, 0.5) is 0 Å². The third kappa shape index (κ3) is 3.03. The van der Waals surface area contributed by atoms with Crippen LogP contribution in [0.3, 0.4) is 0 Å². The summed E-state index contributed by atoms with van der Waals surface area (Å²) in [6, 6.07) is 0. The van der Waals surface area contributed by atoms with E-state index in [1.54, 1.807) is 4.52 Å². The standard InChI is InChI=1S/C29H40N4O4/c1-14(12-34)25-26-24(32-27-30-13-31-33(25)27)15(2)23-21(37-26)10-20-18-6-5-16-9-17(35)7-8-28(16,3)19(18)11-22(36)29(20,23)4/h13-21,23,34-35H,5-12H2,1-4H3/t14-,15+,16+,17+,18-,19+,20+,21?,23?,28+,29-/m1/s1. The van der Waals surface area contributed by atoms with Crippen LogP contribution in [-0.4, -0.2) is 54.4 Å². The van der Waals surface area contributed by atoms with E-state index >= 15 is 0 Å². The molecule has 8 nitrogen and oxygen atoms in total. The van der Waals surface area contributed by atoms with E-state index in [1.165, 1.54) is 6.33 Å². The minimum absolute atomic E-state index is 0.0196. The Morgan fingerprint density at radius 3 is 2.81 bits per heavy atom. The number of aliphatic hydroxyl groups excluding tert-OH is 2. The Balaban J connectivity index is 1.29. The van der Waals surface area contributed by atoms with Gasteiger partial charge in [-0.25, -0.2) is 4.98 Å². The van der Waals surface area contributed by atoms with Gasteiger partial charge in [0.2, 0.25) is 0 Å². The highest BCUT2D eigenvalue weighted by Gasteiger charge is 2.68. The summed E-state index contributed by atoms with van der Waals surface area (Å²) in [6.07, 6.45) is 7.91. The number of aliphatic hydroxyl groups is 2. The van der Waals surface area contributed by atoms with Gasteiger partial charge in [0.25, 0.3) is 5.78 Å². The van der Waals surface area contributed by atoms with E-state index in [0.29, 0.717) is 41.7 Å². The Labute approximate surface area is 218 Å². The van der Waals surface area contributed by atoms with Crippen molar-refractivity contribution in [1.82, 2.24) is 19.6 Å². The third-order valence-electron chi connectivity index (χ3n) is 12.0. The maximum atomic E-state index is 14.3. The topological polar surface area (TPSA) is 110 Å². The normalized spacial score (nSPS) is 45.3. The second kappa shape index (κ2) is 7.98. The van der Waals surface area contributed by atoms with Crippen LogP contribution in [0.25, 0.3) is 5.78 Å². The lowest BCUT2D eigenvalue weighted by Crippen LogP contribution is -2.57. The molecule has 2 unspecified atom stereocenters. The number of hydrogen-bond donors (Lipinski definition) is 2. The predicted molar refractivity (Wildman–Crippen MR) is 136 cm³/mol. The molecule has 5 aliphatic rings. The Morgan fingerprint density at radius 2 is 2.03 bits per heavy atom. The van der Waals surface area contributed by atoms with Gasteiger partial charge < -0.3 is 14.9 Å². The largest absolute Gasteiger partial charge is 0.486 e. The van der Waals surface area contributed by atoms with Gasteiger partial charge in [-0.05, 0) is 67.6 Å². The highest BCUT2D eigenvalue weighted by molar-refractivity contribution is 5.87. The van der Waals surface area contributed by atoms with Gasteiger partial charge in [0.15, 0.2) is 5.75 Å². The molecular weight excluding hydrogens is 468 g/mol. The minimum atomic E-state index is -0.426. The first-order chi connectivity index (χ1) is 17.7. The van der Waals surface area contributed by atoms with Crippen LogP contribution >= 0.6 is 0 Å². The van der Waals surface area contributed by atoms with Crippen molar-refractivity contribution < 1.29 is 19.7 Å². The maximum Gasteiger partial charge on any atom is 0.252 e. The molecule has 3 heterocycles. The van der Waals surface area contributed by atoms with Gasteiger partial charge in [0, 0.05) is 29.6 Å². The number of ether oxygens (including phenoxy) is 1. The average molecular weight is 509 g/mol. The molecule has 1 aliphatic heterocycles. The first-order valence-electron chi connectivity index (χ1n) is 14.4. The van der Waals surface area contributed by atoms with E-state index < -0.39 is 5.41 Å². The molecule has 4 aliphatic carbocycles. The van der Waals surface area contributed by atoms with E-state index in [9.17, 15) is 15.0 Å². The quantitative estimate of drug-likeness (QED) is 0.633. The second-order valence-electron chi connectivity index (χ2n) is 13.5. The minimum Gasteiger partial charge on any atom is -0.486 e. The zero-order chi connectivity index (χ0) is 25.9. The summed E-state index contributed by atoms with van der Waals surface area (Å²) >= 11 is 0. The summed E-state index contributed by atoms with van der Waals surface area (Å²) in [4.78, 5) is 23.5. The fraction of sp³-hybridized carbons (Fsp3) is 0.793. The van der Waals surface area contributed by atoms with Gasteiger partial charge in [0.1, 0.15) is 18.2 Å². The molecule has 0 spiro atoms. The molecule has 4 fully saturated rings. The number of hydrogen-bond acceptors (Lipinski definition) is 7. The summed E-state index contributed by atoms with van der Waals surface area (Å²) in [7, 11) is 0. The molecule has 2 aromatic heterocycles. The molecule has 4 saturated carbocycles. The van der Waals surface area contributed by atoms with E-state index in [4.69, 9.17) is 9.72 Å². The SMILES string of the molecule is C[C@H](CO)c1c2c(nc3ncnn13)[C@@H](C)C1C(C[C@H]3[C@@H]4CC[C@H]5C[C@@H](O)CC[C@]5(C)[C@H]4CC(=O)[C@]13C)O2. The molecule has 0 amide bonds. The molecule has 0 aromatic carbocycles. The molecule has 8 heteroatoms. The van der Waals surface area contributed by atoms with E-state index in [-0.39, 0.29) is 42.0 Å². The van der Waals surface area contributed by atoms with Gasteiger partial charge in [0.05, 0.1) is 24.1 Å². The van der Waals surface area contributed by atoms with Crippen molar-refractivity contribution in [3.05, 3.63) is 17.7 Å². The van der Waals surface area contributed by atoms with Crippen LogP contribution in [-0.2, 0) is 4.79 Å². The van der Waals surface area contributed by atoms with Crippen LogP contribution in [0.1, 0.15) is 95.9 Å². The number of carbonyl (C=O) groups is 1. The molecule has 0 bridgehead atoms. The fourth-order valence-corrected chi connectivity index (χ4v) is 10.1. The Bertz CT molecular complexity index is 1260. The first kappa shape index (κ1) is 24.0. The number of carbonyl (C=O) groups excluding carboxylic acids is 1. The number of rotatable bonds is 2. The van der Waals surface area contributed by atoms with Gasteiger partial charge in [-0.2, -0.15) is 14.6 Å². The highest BCUT2D eigenvalue weighted by atomic mass is 16.5. The lowest BCUT2D eigenvalue weighted by molar-refractivity contribution is -0.160. The molecule has 200 valence electrons. The van der Waals surface area contributed by atoms with Crippen LogP contribution < -0.4 is 4.74 Å². The molecule has 7 rings (SSSR count). The van der Waals surface area contributed by atoms with Crippen molar-refractivity contribution in [2.75, 3.05) is 6.61 Å². The molecule has 2 aromatic rings. The number of Topliss-reactive ketones (excluding diaryl/α,β-unsaturated/α-hetero) is 1. The van der Waals surface area contributed by atoms with E-state index in [0.717, 1.165) is 55.7 Å². The lowest BCUT2D eigenvalue weighted by Gasteiger charge is -2.60. The third-order valence-corrected chi connectivity index (χ3v) is 12.0. The van der Waals surface area contributed by atoms with Gasteiger partial charge >= 0.3 is 0 Å². The van der Waals surface area contributed by atoms with Crippen LogP contribution in [0.15, 0.2) is 6.33 Å². The van der Waals surface area contributed by atoms with Gasteiger partial charge in [-0.3, -0.25) is 4.79 Å². The smallest absolute Gasteiger partial charge is 0.252 e. The Morgan fingerprint density at radius 1 is 1.22 bits per heavy atom. The van der Waals surface area contributed by atoms with Crippen molar-refractivity contribution in [2.24, 2.45) is 40.4 Å². The Kier molecular flexibility index (Phi) is 5.18. The number of nitrogens with zero attached hydrogens (tertiary/aromatic N) is 4. The predicted octanol–water partition coefficient (Wildman–Crippen LogP) is 3.89. The molecule has 11 atom stereocenters. The van der Waals surface area contributed by atoms with E-state index in [2.05, 4.69) is 30.9 Å². The van der Waals surface area contributed by atoms with Crippen molar-refractivity contribution in [3.63, 3.8) is 0 Å². The second-order valence-corrected chi connectivity index (χ2v) is 13.5. The molecular formula is C29H40N4O4. The van der Waals surface area contributed by atoms with Crippen molar-refractivity contribution in [2.45, 2.75) is 96.7 Å². The van der Waals surface area contributed by atoms with Crippen LogP contribution in [0, 0.1) is 40.4 Å². The van der Waals surface area contributed by atoms with Crippen LogP contribution in [0.5, 0.6) is 5.75 Å². The summed E-state index contributed by atoms with van der Waals surface area (Å²) in [5, 5.41) is 24.8. The van der Waals surface area contributed by atoms with Crippen molar-refractivity contribution in [3.8, 4) is 5.75 Å².